The highest BCUT2D eigenvalue weighted by Crippen LogP contribution is 2.34. The number of benzene rings is 2. The van der Waals surface area contributed by atoms with Crippen molar-refractivity contribution in [3.05, 3.63) is 72.6 Å². The number of aliphatic hydroxyl groups is 1. The maximum absolute atomic E-state index is 12.7. The number of aliphatic hydroxyl groups excluding tert-OH is 1. The molecule has 0 unspecified atom stereocenters. The van der Waals surface area contributed by atoms with E-state index in [0.29, 0.717) is 5.92 Å². The Morgan fingerprint density at radius 1 is 1.06 bits per heavy atom. The molecule has 4 rings (SSSR count). The summed E-state index contributed by atoms with van der Waals surface area (Å²) < 4.78 is 0. The molecular formula is C25H28N4O2. The number of hydrogen-bond acceptors (Lipinski definition) is 4. The number of hydrogen-bond donors (Lipinski definition) is 3. The Kier molecular flexibility index (Phi) is 6.48. The highest BCUT2D eigenvalue weighted by atomic mass is 16.3. The minimum atomic E-state index is -0.274. The van der Waals surface area contributed by atoms with Gasteiger partial charge in [-0.05, 0) is 61.6 Å². The first-order valence-electron chi connectivity index (χ1n) is 10.7. The van der Waals surface area contributed by atoms with Gasteiger partial charge in [-0.15, -0.1) is 0 Å². The van der Waals surface area contributed by atoms with Crippen LogP contribution in [-0.2, 0) is 0 Å². The van der Waals surface area contributed by atoms with Gasteiger partial charge in [0.1, 0.15) is 0 Å². The van der Waals surface area contributed by atoms with Crippen LogP contribution in [0.3, 0.4) is 0 Å². The van der Waals surface area contributed by atoms with Gasteiger partial charge in [0.15, 0.2) is 0 Å². The molecule has 0 saturated carbocycles. The largest absolute Gasteiger partial charge is 0.396 e. The van der Waals surface area contributed by atoms with Gasteiger partial charge in [0.25, 0.3) is 0 Å². The van der Waals surface area contributed by atoms with Crippen LogP contribution in [0.15, 0.2) is 67.0 Å². The van der Waals surface area contributed by atoms with Crippen molar-refractivity contribution >= 4 is 23.1 Å². The van der Waals surface area contributed by atoms with E-state index in [9.17, 15) is 9.90 Å². The molecule has 1 aliphatic heterocycles. The predicted molar refractivity (Wildman–Crippen MR) is 126 cm³/mol. The highest BCUT2D eigenvalue weighted by molar-refractivity contribution is 6.02. The quantitative estimate of drug-likeness (QED) is 0.552. The van der Waals surface area contributed by atoms with E-state index in [-0.39, 0.29) is 12.6 Å². The zero-order chi connectivity index (χ0) is 21.6. The summed E-state index contributed by atoms with van der Waals surface area (Å²) in [7, 11) is 0. The number of pyridine rings is 1. The van der Waals surface area contributed by atoms with E-state index in [0.717, 1.165) is 59.7 Å². The molecule has 3 N–H and O–H groups in total. The molecule has 2 amide bonds. The molecule has 0 radical (unpaired) electrons. The first-order valence-corrected chi connectivity index (χ1v) is 10.7. The number of rotatable bonds is 5. The van der Waals surface area contributed by atoms with Crippen molar-refractivity contribution in [2.45, 2.75) is 19.8 Å². The summed E-state index contributed by atoms with van der Waals surface area (Å²) in [6.45, 7) is 3.93. The Labute approximate surface area is 182 Å². The number of carbonyl (C=O) groups excluding carboxylic acids is 1. The SMILES string of the molecule is Cc1ccc(NC(=O)Nc2ccc(-c3cccnc3)cc2N2CCC(CO)CC2)cc1. The molecule has 0 aliphatic carbocycles. The molecular weight excluding hydrogens is 388 g/mol. The Bertz CT molecular complexity index is 1010. The maximum atomic E-state index is 12.7. The molecule has 1 aliphatic rings. The smallest absolute Gasteiger partial charge is 0.323 e. The van der Waals surface area contributed by atoms with Crippen LogP contribution in [0.1, 0.15) is 18.4 Å². The van der Waals surface area contributed by atoms with Crippen molar-refractivity contribution in [3.8, 4) is 11.1 Å². The lowest BCUT2D eigenvalue weighted by Gasteiger charge is -2.34. The number of nitrogens with one attached hydrogen (secondary N) is 2. The molecule has 0 spiro atoms. The van der Waals surface area contributed by atoms with Crippen LogP contribution in [0.2, 0.25) is 0 Å². The van der Waals surface area contributed by atoms with Gasteiger partial charge in [0.05, 0.1) is 11.4 Å². The molecule has 3 aromatic rings. The van der Waals surface area contributed by atoms with Gasteiger partial charge < -0.3 is 20.6 Å². The van der Waals surface area contributed by atoms with Crippen LogP contribution < -0.4 is 15.5 Å². The van der Waals surface area contributed by atoms with Gasteiger partial charge in [-0.2, -0.15) is 0 Å². The third-order valence-corrected chi connectivity index (χ3v) is 5.76. The second-order valence-electron chi connectivity index (χ2n) is 8.03. The maximum Gasteiger partial charge on any atom is 0.323 e. The lowest BCUT2D eigenvalue weighted by Crippen LogP contribution is -2.35. The Morgan fingerprint density at radius 2 is 1.84 bits per heavy atom. The number of nitrogens with zero attached hydrogens (tertiary/aromatic N) is 2. The Morgan fingerprint density at radius 3 is 2.52 bits per heavy atom. The van der Waals surface area contributed by atoms with Crippen LogP contribution in [0.25, 0.3) is 11.1 Å². The van der Waals surface area contributed by atoms with Crippen LogP contribution in [-0.4, -0.2) is 35.8 Å². The average Bonchev–Trinajstić information content (AvgIpc) is 2.81. The number of carbonyl (C=O) groups is 1. The van der Waals surface area contributed by atoms with Crippen LogP contribution in [0.4, 0.5) is 21.9 Å². The number of aryl methyl sites for hydroxylation is 1. The van der Waals surface area contributed by atoms with Crippen molar-refractivity contribution in [2.24, 2.45) is 5.92 Å². The van der Waals surface area contributed by atoms with Crippen LogP contribution >= 0.6 is 0 Å². The molecule has 2 heterocycles. The zero-order valence-electron chi connectivity index (χ0n) is 17.7. The van der Waals surface area contributed by atoms with Crippen molar-refractivity contribution in [3.63, 3.8) is 0 Å². The average molecular weight is 417 g/mol. The van der Waals surface area contributed by atoms with E-state index >= 15 is 0 Å². The molecule has 0 atom stereocenters. The van der Waals surface area contributed by atoms with Gasteiger partial charge >= 0.3 is 6.03 Å². The summed E-state index contributed by atoms with van der Waals surface area (Å²) in [4.78, 5) is 19.2. The molecule has 1 saturated heterocycles. The van der Waals surface area contributed by atoms with E-state index in [1.54, 1.807) is 6.20 Å². The zero-order valence-corrected chi connectivity index (χ0v) is 17.7. The Hall–Kier alpha value is -3.38. The second kappa shape index (κ2) is 9.62. The van der Waals surface area contributed by atoms with E-state index in [1.807, 2.05) is 61.7 Å². The predicted octanol–water partition coefficient (Wildman–Crippen LogP) is 4.91. The number of urea groups is 1. The summed E-state index contributed by atoms with van der Waals surface area (Å²) >= 11 is 0. The van der Waals surface area contributed by atoms with Gasteiger partial charge in [-0.3, -0.25) is 4.98 Å². The van der Waals surface area contributed by atoms with Gasteiger partial charge in [0, 0.05) is 43.3 Å². The Balaban J connectivity index is 1.58. The lowest BCUT2D eigenvalue weighted by molar-refractivity contribution is 0.203. The van der Waals surface area contributed by atoms with Gasteiger partial charge in [-0.1, -0.05) is 29.8 Å². The molecule has 2 aromatic carbocycles. The standard InChI is InChI=1S/C25H28N4O2/c1-18-4-7-22(8-5-18)27-25(31)28-23-9-6-20(21-3-2-12-26-16-21)15-24(23)29-13-10-19(17-30)11-14-29/h2-9,12,15-16,19,30H,10-11,13-14,17H2,1H3,(H2,27,28,31). The van der Waals surface area contributed by atoms with Crippen LogP contribution in [0, 0.1) is 12.8 Å². The van der Waals surface area contributed by atoms with Crippen molar-refractivity contribution in [1.29, 1.82) is 0 Å². The summed E-state index contributed by atoms with van der Waals surface area (Å²) in [5, 5.41) is 15.4. The first-order chi connectivity index (χ1) is 15.1. The molecule has 31 heavy (non-hydrogen) atoms. The minimum Gasteiger partial charge on any atom is -0.396 e. The van der Waals surface area contributed by atoms with Crippen molar-refractivity contribution in [2.75, 3.05) is 35.2 Å². The van der Waals surface area contributed by atoms with Gasteiger partial charge in [-0.25, -0.2) is 4.79 Å². The lowest BCUT2D eigenvalue weighted by atomic mass is 9.96. The summed E-state index contributed by atoms with van der Waals surface area (Å²) in [6.07, 6.45) is 5.47. The highest BCUT2D eigenvalue weighted by Gasteiger charge is 2.22. The normalized spacial score (nSPS) is 14.3. The van der Waals surface area contributed by atoms with Crippen molar-refractivity contribution < 1.29 is 9.90 Å². The molecule has 6 nitrogen and oxygen atoms in total. The topological polar surface area (TPSA) is 77.5 Å². The molecule has 1 fully saturated rings. The number of amides is 2. The minimum absolute atomic E-state index is 0.230. The second-order valence-corrected chi connectivity index (χ2v) is 8.03. The molecule has 0 bridgehead atoms. The summed E-state index contributed by atoms with van der Waals surface area (Å²) in [6, 6.07) is 17.4. The third kappa shape index (κ3) is 5.22. The molecule has 160 valence electrons. The first kappa shape index (κ1) is 20.9. The number of anilines is 3. The van der Waals surface area contributed by atoms with E-state index < -0.39 is 0 Å². The fourth-order valence-electron chi connectivity index (χ4n) is 3.89. The summed E-state index contributed by atoms with van der Waals surface area (Å²) in [5.74, 6) is 0.346. The monoisotopic (exact) mass is 416 g/mol. The fourth-order valence-corrected chi connectivity index (χ4v) is 3.89. The third-order valence-electron chi connectivity index (χ3n) is 5.76. The summed E-state index contributed by atoms with van der Waals surface area (Å²) in [5.41, 5.74) is 5.73. The molecule has 6 heteroatoms. The molecule has 1 aromatic heterocycles. The van der Waals surface area contributed by atoms with E-state index in [4.69, 9.17) is 0 Å². The van der Waals surface area contributed by atoms with Gasteiger partial charge in [0.2, 0.25) is 0 Å². The van der Waals surface area contributed by atoms with E-state index in [2.05, 4.69) is 26.6 Å². The van der Waals surface area contributed by atoms with Crippen LogP contribution in [0.5, 0.6) is 0 Å². The van der Waals surface area contributed by atoms with E-state index in [1.165, 1.54) is 0 Å². The number of piperidine rings is 1. The van der Waals surface area contributed by atoms with Crippen molar-refractivity contribution in [1.82, 2.24) is 4.98 Å². The fraction of sp³-hybridized carbons (Fsp3) is 0.280. The number of aromatic nitrogens is 1.